The predicted molar refractivity (Wildman–Crippen MR) is 117 cm³/mol. The molecule has 0 bridgehead atoms. The van der Waals surface area contributed by atoms with Crippen molar-refractivity contribution < 1.29 is 9.53 Å². The Morgan fingerprint density at radius 2 is 1.59 bits per heavy atom. The van der Waals surface area contributed by atoms with Crippen LogP contribution in [0.4, 0.5) is 0 Å². The third kappa shape index (κ3) is 5.46. The Morgan fingerprint density at radius 3 is 2.24 bits per heavy atom. The van der Waals surface area contributed by atoms with Crippen molar-refractivity contribution in [2.75, 3.05) is 27.7 Å². The Morgan fingerprint density at radius 1 is 0.931 bits per heavy atom. The van der Waals surface area contributed by atoms with Crippen LogP contribution < -0.4 is 10.1 Å². The maximum atomic E-state index is 13.0. The van der Waals surface area contributed by atoms with Gasteiger partial charge in [0.15, 0.2) is 0 Å². The zero-order valence-corrected chi connectivity index (χ0v) is 17.3. The molecule has 4 heteroatoms. The van der Waals surface area contributed by atoms with Crippen molar-refractivity contribution in [3.05, 3.63) is 101 Å². The number of hydrogen-bond donors (Lipinski definition) is 1. The first kappa shape index (κ1) is 20.6. The van der Waals surface area contributed by atoms with Gasteiger partial charge in [0.1, 0.15) is 5.75 Å². The molecule has 0 saturated heterocycles. The maximum Gasteiger partial charge on any atom is 0.251 e. The van der Waals surface area contributed by atoms with Crippen LogP contribution >= 0.6 is 0 Å². The minimum absolute atomic E-state index is 0.0445. The molecule has 0 aliphatic rings. The van der Waals surface area contributed by atoms with Gasteiger partial charge in [-0.15, -0.1) is 0 Å². The average molecular weight is 389 g/mol. The van der Waals surface area contributed by atoms with Gasteiger partial charge in [-0.25, -0.2) is 0 Å². The number of hydrogen-bond acceptors (Lipinski definition) is 3. The standard InChI is InChI=1S/C25H28N2O2/c1-27(2)24(20-13-15-22(29-3)16-14-20)18-26-25(28)23-12-8-7-11-21(23)17-19-9-5-4-6-10-19/h4-16,24H,17-18H2,1-3H3,(H,26,28). The lowest BCUT2D eigenvalue weighted by molar-refractivity contribution is 0.0941. The van der Waals surface area contributed by atoms with Gasteiger partial charge < -0.3 is 15.0 Å². The highest BCUT2D eigenvalue weighted by molar-refractivity contribution is 5.95. The molecule has 0 heterocycles. The number of carbonyl (C=O) groups is 1. The van der Waals surface area contributed by atoms with Crippen molar-refractivity contribution in [3.63, 3.8) is 0 Å². The van der Waals surface area contributed by atoms with Crippen LogP contribution in [-0.2, 0) is 6.42 Å². The van der Waals surface area contributed by atoms with E-state index >= 15 is 0 Å². The van der Waals surface area contributed by atoms with E-state index < -0.39 is 0 Å². The van der Waals surface area contributed by atoms with Gasteiger partial charge in [-0.2, -0.15) is 0 Å². The Balaban J connectivity index is 1.72. The molecule has 0 spiro atoms. The second-order valence-electron chi connectivity index (χ2n) is 7.28. The van der Waals surface area contributed by atoms with Crippen LogP contribution in [0.1, 0.15) is 33.1 Å². The summed E-state index contributed by atoms with van der Waals surface area (Å²) >= 11 is 0. The van der Waals surface area contributed by atoms with Crippen LogP contribution in [0, 0.1) is 0 Å². The van der Waals surface area contributed by atoms with E-state index in [0.29, 0.717) is 6.54 Å². The molecule has 0 aliphatic heterocycles. The van der Waals surface area contributed by atoms with E-state index in [2.05, 4.69) is 22.3 Å². The largest absolute Gasteiger partial charge is 0.497 e. The van der Waals surface area contributed by atoms with Gasteiger partial charge in [0.25, 0.3) is 5.91 Å². The molecule has 1 N–H and O–H groups in total. The fourth-order valence-electron chi connectivity index (χ4n) is 3.42. The number of benzene rings is 3. The molecule has 3 aromatic rings. The topological polar surface area (TPSA) is 41.6 Å². The molecular formula is C25H28N2O2. The molecule has 3 rings (SSSR count). The molecule has 0 fully saturated rings. The molecule has 1 atom stereocenters. The third-order valence-corrected chi connectivity index (χ3v) is 5.08. The van der Waals surface area contributed by atoms with Crippen LogP contribution in [-0.4, -0.2) is 38.6 Å². The Labute approximate surface area is 173 Å². The van der Waals surface area contributed by atoms with Gasteiger partial charge in [-0.1, -0.05) is 60.7 Å². The van der Waals surface area contributed by atoms with Crippen LogP contribution in [0.25, 0.3) is 0 Å². The molecule has 0 saturated carbocycles. The quantitative estimate of drug-likeness (QED) is 0.625. The highest BCUT2D eigenvalue weighted by atomic mass is 16.5. The monoisotopic (exact) mass is 388 g/mol. The number of amides is 1. The van der Waals surface area contributed by atoms with Gasteiger partial charge in [0, 0.05) is 12.1 Å². The van der Waals surface area contributed by atoms with Gasteiger partial charge >= 0.3 is 0 Å². The summed E-state index contributed by atoms with van der Waals surface area (Å²) in [5, 5.41) is 3.12. The van der Waals surface area contributed by atoms with Crippen molar-refractivity contribution in [3.8, 4) is 5.75 Å². The lowest BCUT2D eigenvalue weighted by Gasteiger charge is -2.25. The van der Waals surface area contributed by atoms with Crippen molar-refractivity contribution in [1.29, 1.82) is 0 Å². The van der Waals surface area contributed by atoms with Crippen LogP contribution in [0.3, 0.4) is 0 Å². The molecule has 0 radical (unpaired) electrons. The first-order chi connectivity index (χ1) is 14.1. The second kappa shape index (κ2) is 9.89. The fourth-order valence-corrected chi connectivity index (χ4v) is 3.42. The minimum Gasteiger partial charge on any atom is -0.497 e. The van der Waals surface area contributed by atoms with E-state index in [1.807, 2.05) is 80.8 Å². The normalized spacial score (nSPS) is 11.9. The van der Waals surface area contributed by atoms with E-state index in [1.165, 1.54) is 5.56 Å². The van der Waals surface area contributed by atoms with Crippen LogP contribution in [0.15, 0.2) is 78.9 Å². The van der Waals surface area contributed by atoms with Crippen molar-refractivity contribution in [2.24, 2.45) is 0 Å². The molecule has 0 aliphatic carbocycles. The molecule has 4 nitrogen and oxygen atoms in total. The first-order valence-corrected chi connectivity index (χ1v) is 9.79. The fraction of sp³-hybridized carbons (Fsp3) is 0.240. The average Bonchev–Trinajstić information content (AvgIpc) is 2.75. The van der Waals surface area contributed by atoms with Crippen LogP contribution in [0.2, 0.25) is 0 Å². The summed E-state index contributed by atoms with van der Waals surface area (Å²) in [5.41, 5.74) is 4.08. The Kier molecular flexibility index (Phi) is 7.04. The highest BCUT2D eigenvalue weighted by Gasteiger charge is 2.17. The number of ether oxygens (including phenoxy) is 1. The molecule has 150 valence electrons. The van der Waals surface area contributed by atoms with Gasteiger partial charge in [-0.3, -0.25) is 4.79 Å². The molecule has 1 amide bonds. The Bertz CT molecular complexity index is 921. The first-order valence-electron chi connectivity index (χ1n) is 9.79. The number of carbonyl (C=O) groups excluding carboxylic acids is 1. The summed E-state index contributed by atoms with van der Waals surface area (Å²) in [6.07, 6.45) is 0.736. The van der Waals surface area contributed by atoms with Gasteiger partial charge in [-0.05, 0) is 55.4 Å². The number of nitrogens with zero attached hydrogens (tertiary/aromatic N) is 1. The molecule has 29 heavy (non-hydrogen) atoms. The number of rotatable bonds is 8. The second-order valence-corrected chi connectivity index (χ2v) is 7.28. The van der Waals surface area contributed by atoms with Crippen molar-refractivity contribution >= 4 is 5.91 Å². The summed E-state index contributed by atoms with van der Waals surface area (Å²) in [4.78, 5) is 15.1. The highest BCUT2D eigenvalue weighted by Crippen LogP contribution is 2.21. The predicted octanol–water partition coefficient (Wildman–Crippen LogP) is 4.32. The zero-order valence-electron chi connectivity index (χ0n) is 17.3. The summed E-state index contributed by atoms with van der Waals surface area (Å²) in [6.45, 7) is 0.526. The molecule has 1 unspecified atom stereocenters. The van der Waals surface area contributed by atoms with E-state index in [9.17, 15) is 4.79 Å². The summed E-state index contributed by atoms with van der Waals surface area (Å²) in [7, 11) is 5.69. The number of nitrogens with one attached hydrogen (secondary N) is 1. The molecular weight excluding hydrogens is 360 g/mol. The summed E-state index contributed by atoms with van der Waals surface area (Å²) in [5.74, 6) is 0.780. The van der Waals surface area contributed by atoms with E-state index in [-0.39, 0.29) is 11.9 Å². The van der Waals surface area contributed by atoms with Gasteiger partial charge in [0.05, 0.1) is 13.2 Å². The summed E-state index contributed by atoms with van der Waals surface area (Å²) < 4.78 is 5.24. The van der Waals surface area contributed by atoms with Crippen molar-refractivity contribution in [1.82, 2.24) is 10.2 Å². The van der Waals surface area contributed by atoms with E-state index in [4.69, 9.17) is 4.74 Å². The SMILES string of the molecule is COc1ccc(C(CNC(=O)c2ccccc2Cc2ccccc2)N(C)C)cc1. The third-order valence-electron chi connectivity index (χ3n) is 5.08. The molecule has 3 aromatic carbocycles. The smallest absolute Gasteiger partial charge is 0.251 e. The van der Waals surface area contributed by atoms with Crippen LogP contribution in [0.5, 0.6) is 5.75 Å². The number of likely N-dealkylation sites (N-methyl/N-ethyl adjacent to an activating group) is 1. The minimum atomic E-state index is -0.0445. The Hall–Kier alpha value is -3.11. The number of methoxy groups -OCH3 is 1. The van der Waals surface area contributed by atoms with E-state index in [0.717, 1.165) is 28.9 Å². The lowest BCUT2D eigenvalue weighted by Crippen LogP contribution is -2.35. The lowest BCUT2D eigenvalue weighted by atomic mass is 9.99. The van der Waals surface area contributed by atoms with Gasteiger partial charge in [0.2, 0.25) is 0 Å². The van der Waals surface area contributed by atoms with E-state index in [1.54, 1.807) is 7.11 Å². The maximum absolute atomic E-state index is 13.0. The van der Waals surface area contributed by atoms with Crippen molar-refractivity contribution in [2.45, 2.75) is 12.5 Å². The summed E-state index contributed by atoms with van der Waals surface area (Å²) in [6, 6.07) is 26.1. The molecule has 0 aromatic heterocycles. The zero-order chi connectivity index (χ0) is 20.6.